The van der Waals surface area contributed by atoms with Gasteiger partial charge in [0.15, 0.2) is 0 Å². The van der Waals surface area contributed by atoms with E-state index in [9.17, 15) is 0 Å². The molecule has 1 atom stereocenters. The summed E-state index contributed by atoms with van der Waals surface area (Å²) in [6.07, 6.45) is 5.47. The van der Waals surface area contributed by atoms with Crippen molar-refractivity contribution in [1.29, 1.82) is 0 Å². The molecule has 15 heavy (non-hydrogen) atoms. The van der Waals surface area contributed by atoms with E-state index in [-0.39, 0.29) is 0 Å². The van der Waals surface area contributed by atoms with Crippen LogP contribution in [-0.4, -0.2) is 12.6 Å². The molecule has 0 amide bonds. The normalized spacial score (nSPS) is 14.6. The third kappa shape index (κ3) is 7.84. The quantitative estimate of drug-likeness (QED) is 0.624. The molecule has 0 radical (unpaired) electrons. The van der Waals surface area contributed by atoms with Crippen LogP contribution in [0.25, 0.3) is 0 Å². The lowest BCUT2D eigenvalue weighted by Crippen LogP contribution is -2.35. The number of unbranched alkanes of at least 4 members (excludes halogenated alkanes) is 2. The number of hydrogen-bond acceptors (Lipinski definition) is 1. The fourth-order valence-electron chi connectivity index (χ4n) is 1.86. The van der Waals surface area contributed by atoms with Crippen molar-refractivity contribution in [2.45, 2.75) is 73.3 Å². The van der Waals surface area contributed by atoms with E-state index in [0.717, 1.165) is 5.92 Å². The van der Waals surface area contributed by atoms with Gasteiger partial charge in [-0.15, -0.1) is 0 Å². The zero-order chi connectivity index (χ0) is 11.9. The molecular formula is C14H31N. The minimum atomic E-state index is 0.440. The Hall–Kier alpha value is -0.0400. The molecule has 0 saturated carbocycles. The van der Waals surface area contributed by atoms with Gasteiger partial charge in [-0.25, -0.2) is 0 Å². The summed E-state index contributed by atoms with van der Waals surface area (Å²) in [6.45, 7) is 15.0. The first-order valence-electron chi connectivity index (χ1n) is 6.61. The Kier molecular flexibility index (Phi) is 7.25. The monoisotopic (exact) mass is 213 g/mol. The second-order valence-corrected chi connectivity index (χ2v) is 6.12. The summed E-state index contributed by atoms with van der Waals surface area (Å²) >= 11 is 0. The third-order valence-corrected chi connectivity index (χ3v) is 3.15. The van der Waals surface area contributed by atoms with Crippen LogP contribution in [0, 0.1) is 11.3 Å². The Morgan fingerprint density at radius 3 is 2.07 bits per heavy atom. The second-order valence-electron chi connectivity index (χ2n) is 6.12. The molecule has 1 nitrogen and oxygen atoms in total. The van der Waals surface area contributed by atoms with Crippen LogP contribution in [0.1, 0.15) is 67.2 Å². The Morgan fingerprint density at radius 2 is 1.67 bits per heavy atom. The maximum atomic E-state index is 3.58. The van der Waals surface area contributed by atoms with Gasteiger partial charge < -0.3 is 5.32 Å². The highest BCUT2D eigenvalue weighted by atomic mass is 14.9. The Balaban J connectivity index is 3.96. The first-order chi connectivity index (χ1) is 6.88. The summed E-state index contributed by atoms with van der Waals surface area (Å²) in [7, 11) is 0. The number of hydrogen-bond donors (Lipinski definition) is 1. The lowest BCUT2D eigenvalue weighted by Gasteiger charge is -2.32. The van der Waals surface area contributed by atoms with Gasteiger partial charge in [0.2, 0.25) is 0 Å². The highest BCUT2D eigenvalue weighted by molar-refractivity contribution is 4.76. The predicted molar refractivity (Wildman–Crippen MR) is 70.2 cm³/mol. The number of nitrogens with one attached hydrogen (secondary N) is 1. The van der Waals surface area contributed by atoms with E-state index >= 15 is 0 Å². The van der Waals surface area contributed by atoms with Crippen LogP contribution in [0.3, 0.4) is 0 Å². The maximum Gasteiger partial charge on any atom is 0.00104 e. The third-order valence-electron chi connectivity index (χ3n) is 3.15. The van der Waals surface area contributed by atoms with Crippen molar-refractivity contribution in [3.8, 4) is 0 Å². The number of rotatable bonds is 7. The van der Waals surface area contributed by atoms with E-state index in [1.807, 2.05) is 0 Å². The van der Waals surface area contributed by atoms with Crippen molar-refractivity contribution < 1.29 is 0 Å². The van der Waals surface area contributed by atoms with E-state index in [4.69, 9.17) is 0 Å². The molecule has 0 rings (SSSR count). The molecule has 0 heterocycles. The van der Waals surface area contributed by atoms with Crippen LogP contribution < -0.4 is 5.32 Å². The standard InChI is InChI=1S/C14H31N/c1-7-8-9-10-13(14(4,5)6)11-15-12(2)3/h12-13,15H,7-11H2,1-6H3. The molecule has 1 N–H and O–H groups in total. The smallest absolute Gasteiger partial charge is 0.00104 e. The molecule has 0 spiro atoms. The zero-order valence-electron chi connectivity index (χ0n) is 11.7. The molecule has 92 valence electrons. The zero-order valence-corrected chi connectivity index (χ0v) is 11.7. The summed E-state index contributed by atoms with van der Waals surface area (Å²) < 4.78 is 0. The average molecular weight is 213 g/mol. The van der Waals surface area contributed by atoms with Gasteiger partial charge in [0.25, 0.3) is 0 Å². The Bertz CT molecular complexity index is 144. The van der Waals surface area contributed by atoms with Crippen LogP contribution >= 0.6 is 0 Å². The van der Waals surface area contributed by atoms with Gasteiger partial charge in [0.05, 0.1) is 0 Å². The average Bonchev–Trinajstić information content (AvgIpc) is 2.08. The van der Waals surface area contributed by atoms with Crippen LogP contribution in [0.15, 0.2) is 0 Å². The lowest BCUT2D eigenvalue weighted by atomic mass is 9.77. The molecule has 0 bridgehead atoms. The lowest BCUT2D eigenvalue weighted by molar-refractivity contribution is 0.209. The van der Waals surface area contributed by atoms with Crippen molar-refractivity contribution in [2.24, 2.45) is 11.3 Å². The molecule has 0 aliphatic heterocycles. The van der Waals surface area contributed by atoms with Gasteiger partial charge in [0, 0.05) is 6.04 Å². The molecule has 0 aliphatic rings. The van der Waals surface area contributed by atoms with E-state index in [2.05, 4.69) is 46.9 Å². The Labute approximate surface area is 97.0 Å². The predicted octanol–water partition coefficient (Wildman–Crippen LogP) is 4.23. The van der Waals surface area contributed by atoms with Gasteiger partial charge in [-0.2, -0.15) is 0 Å². The maximum absolute atomic E-state index is 3.58. The summed E-state index contributed by atoms with van der Waals surface area (Å²) in [5.74, 6) is 0.812. The van der Waals surface area contributed by atoms with Crippen molar-refractivity contribution in [2.75, 3.05) is 6.54 Å². The molecule has 0 fully saturated rings. The molecule has 0 saturated heterocycles. The van der Waals surface area contributed by atoms with Crippen molar-refractivity contribution in [3.05, 3.63) is 0 Å². The van der Waals surface area contributed by atoms with Crippen molar-refractivity contribution in [3.63, 3.8) is 0 Å². The molecule has 0 aromatic heterocycles. The molecule has 0 aliphatic carbocycles. The van der Waals surface area contributed by atoms with Crippen LogP contribution in [0.5, 0.6) is 0 Å². The van der Waals surface area contributed by atoms with Crippen LogP contribution in [0.2, 0.25) is 0 Å². The summed E-state index contributed by atoms with van der Waals surface area (Å²) in [6, 6.07) is 0.612. The van der Waals surface area contributed by atoms with E-state index < -0.39 is 0 Å². The first kappa shape index (κ1) is 15.0. The topological polar surface area (TPSA) is 12.0 Å². The van der Waals surface area contributed by atoms with Crippen LogP contribution in [0.4, 0.5) is 0 Å². The highest BCUT2D eigenvalue weighted by Gasteiger charge is 2.23. The minimum Gasteiger partial charge on any atom is -0.314 e. The molecular weight excluding hydrogens is 182 g/mol. The van der Waals surface area contributed by atoms with Crippen LogP contribution in [-0.2, 0) is 0 Å². The van der Waals surface area contributed by atoms with Gasteiger partial charge >= 0.3 is 0 Å². The largest absolute Gasteiger partial charge is 0.314 e. The van der Waals surface area contributed by atoms with E-state index in [1.165, 1.54) is 32.2 Å². The summed E-state index contributed by atoms with van der Waals surface area (Å²) in [5.41, 5.74) is 0.440. The van der Waals surface area contributed by atoms with E-state index in [0.29, 0.717) is 11.5 Å². The summed E-state index contributed by atoms with van der Waals surface area (Å²) in [4.78, 5) is 0. The van der Waals surface area contributed by atoms with Gasteiger partial charge in [-0.1, -0.05) is 60.8 Å². The fourth-order valence-corrected chi connectivity index (χ4v) is 1.86. The molecule has 0 aromatic rings. The van der Waals surface area contributed by atoms with Gasteiger partial charge in [-0.3, -0.25) is 0 Å². The van der Waals surface area contributed by atoms with Gasteiger partial charge in [-0.05, 0) is 24.3 Å². The SMILES string of the molecule is CCCCCC(CNC(C)C)C(C)(C)C. The minimum absolute atomic E-state index is 0.440. The molecule has 1 heteroatoms. The van der Waals surface area contributed by atoms with Gasteiger partial charge in [0.1, 0.15) is 0 Å². The summed E-state index contributed by atoms with van der Waals surface area (Å²) in [5, 5.41) is 3.58. The second kappa shape index (κ2) is 7.27. The van der Waals surface area contributed by atoms with Crippen molar-refractivity contribution >= 4 is 0 Å². The first-order valence-corrected chi connectivity index (χ1v) is 6.61. The van der Waals surface area contributed by atoms with E-state index in [1.54, 1.807) is 0 Å². The Morgan fingerprint density at radius 1 is 1.07 bits per heavy atom. The molecule has 1 unspecified atom stereocenters. The highest BCUT2D eigenvalue weighted by Crippen LogP contribution is 2.29. The molecule has 0 aromatic carbocycles. The van der Waals surface area contributed by atoms with Crippen molar-refractivity contribution in [1.82, 2.24) is 5.32 Å². The fraction of sp³-hybridized carbons (Fsp3) is 1.00.